The fraction of sp³-hybridized carbons (Fsp3) is 0.750. The molecule has 0 amide bonds. The summed E-state index contributed by atoms with van der Waals surface area (Å²) in [5, 5.41) is 6.73. The lowest BCUT2D eigenvalue weighted by Gasteiger charge is -2.33. The second-order valence-corrected chi connectivity index (χ2v) is 5.58. The van der Waals surface area contributed by atoms with Gasteiger partial charge in [-0.25, -0.2) is 4.98 Å². The molecule has 1 saturated heterocycles. The van der Waals surface area contributed by atoms with Gasteiger partial charge in [0, 0.05) is 36.6 Å². The number of thiazole rings is 1. The molecule has 2 unspecified atom stereocenters. The van der Waals surface area contributed by atoms with E-state index < -0.39 is 0 Å². The molecule has 1 aromatic rings. The topological polar surface area (TPSA) is 28.2 Å². The summed E-state index contributed by atoms with van der Waals surface area (Å²) in [7, 11) is 2.07. The molecule has 2 rings (SSSR count). The van der Waals surface area contributed by atoms with E-state index in [1.807, 2.05) is 6.20 Å². The zero-order valence-electron chi connectivity index (χ0n) is 10.1. The number of hydrogen-bond acceptors (Lipinski definition) is 4. The van der Waals surface area contributed by atoms with Crippen molar-refractivity contribution in [1.29, 1.82) is 0 Å². The number of nitrogens with one attached hydrogen (secondary N) is 1. The van der Waals surface area contributed by atoms with E-state index in [-0.39, 0.29) is 0 Å². The molecule has 1 aromatic heterocycles. The Morgan fingerprint density at radius 1 is 1.69 bits per heavy atom. The van der Waals surface area contributed by atoms with Crippen LogP contribution in [0.25, 0.3) is 0 Å². The SMILES string of the molecule is CNC1CCCN(CC(C)c2nccs2)C1. The number of aromatic nitrogens is 1. The van der Waals surface area contributed by atoms with Gasteiger partial charge < -0.3 is 10.2 Å². The lowest BCUT2D eigenvalue weighted by atomic mass is 10.0. The average molecular weight is 239 g/mol. The minimum absolute atomic E-state index is 0.565. The fourth-order valence-electron chi connectivity index (χ4n) is 2.40. The van der Waals surface area contributed by atoms with E-state index in [1.54, 1.807) is 11.3 Å². The maximum absolute atomic E-state index is 4.40. The van der Waals surface area contributed by atoms with Gasteiger partial charge in [0.15, 0.2) is 0 Å². The Bertz CT molecular complexity index is 299. The smallest absolute Gasteiger partial charge is 0.0965 e. The molecule has 1 N–H and O–H groups in total. The Morgan fingerprint density at radius 2 is 2.56 bits per heavy atom. The molecule has 0 radical (unpaired) electrons. The summed E-state index contributed by atoms with van der Waals surface area (Å²) in [5.74, 6) is 0.565. The third kappa shape index (κ3) is 3.03. The Morgan fingerprint density at radius 3 is 3.25 bits per heavy atom. The van der Waals surface area contributed by atoms with Gasteiger partial charge in [0.2, 0.25) is 0 Å². The van der Waals surface area contributed by atoms with Crippen molar-refractivity contribution in [3.05, 3.63) is 16.6 Å². The van der Waals surface area contributed by atoms with Crippen LogP contribution in [0.5, 0.6) is 0 Å². The fourth-order valence-corrected chi connectivity index (χ4v) is 3.09. The van der Waals surface area contributed by atoms with E-state index in [0.29, 0.717) is 12.0 Å². The number of rotatable bonds is 4. The van der Waals surface area contributed by atoms with Crippen LogP contribution in [0.3, 0.4) is 0 Å². The third-order valence-corrected chi connectivity index (χ3v) is 4.33. The van der Waals surface area contributed by atoms with Crippen molar-refractivity contribution in [2.45, 2.75) is 31.7 Å². The molecule has 3 nitrogen and oxygen atoms in total. The monoisotopic (exact) mass is 239 g/mol. The first-order chi connectivity index (χ1) is 7.79. The number of hydrogen-bond donors (Lipinski definition) is 1. The molecule has 1 aliphatic rings. The highest BCUT2D eigenvalue weighted by Crippen LogP contribution is 2.20. The number of piperidine rings is 1. The number of likely N-dealkylation sites (tertiary alicyclic amines) is 1. The molecule has 0 aromatic carbocycles. The summed E-state index contributed by atoms with van der Waals surface area (Å²) < 4.78 is 0. The first kappa shape index (κ1) is 12.0. The first-order valence-electron chi connectivity index (χ1n) is 6.08. The van der Waals surface area contributed by atoms with E-state index >= 15 is 0 Å². The van der Waals surface area contributed by atoms with Crippen LogP contribution in [-0.4, -0.2) is 42.6 Å². The van der Waals surface area contributed by atoms with Crippen LogP contribution in [-0.2, 0) is 0 Å². The second kappa shape index (κ2) is 5.75. The molecule has 0 saturated carbocycles. The minimum Gasteiger partial charge on any atom is -0.316 e. The van der Waals surface area contributed by atoms with E-state index in [1.165, 1.54) is 30.9 Å². The predicted octanol–water partition coefficient (Wildman–Crippen LogP) is 1.93. The van der Waals surface area contributed by atoms with Crippen LogP contribution in [0, 0.1) is 0 Å². The molecule has 1 aliphatic heterocycles. The highest BCUT2D eigenvalue weighted by molar-refractivity contribution is 7.09. The Labute approximate surface area is 102 Å². The molecular formula is C12H21N3S. The number of likely N-dealkylation sites (N-methyl/N-ethyl adjacent to an activating group) is 1. The summed E-state index contributed by atoms with van der Waals surface area (Å²) in [6, 6.07) is 0.678. The quantitative estimate of drug-likeness (QED) is 0.870. The van der Waals surface area contributed by atoms with Gasteiger partial charge in [-0.15, -0.1) is 11.3 Å². The van der Waals surface area contributed by atoms with Gasteiger partial charge >= 0.3 is 0 Å². The first-order valence-corrected chi connectivity index (χ1v) is 6.96. The predicted molar refractivity (Wildman–Crippen MR) is 69.1 cm³/mol. The number of nitrogens with zero attached hydrogens (tertiary/aromatic N) is 2. The summed E-state index contributed by atoms with van der Waals surface area (Å²) in [6.07, 6.45) is 4.54. The molecule has 16 heavy (non-hydrogen) atoms. The van der Waals surface area contributed by atoms with Gasteiger partial charge in [-0.2, -0.15) is 0 Å². The standard InChI is InChI=1S/C12H21N3S/c1-10(12-14-5-7-16-12)8-15-6-3-4-11(9-15)13-2/h5,7,10-11,13H,3-4,6,8-9H2,1-2H3. The van der Waals surface area contributed by atoms with Crippen LogP contribution < -0.4 is 5.32 Å². The molecule has 0 bridgehead atoms. The van der Waals surface area contributed by atoms with Crippen LogP contribution in [0.2, 0.25) is 0 Å². The molecule has 2 heterocycles. The molecule has 0 spiro atoms. The molecule has 2 atom stereocenters. The molecule has 4 heteroatoms. The Kier molecular flexibility index (Phi) is 4.32. The van der Waals surface area contributed by atoms with Gasteiger partial charge in [0.25, 0.3) is 0 Å². The highest BCUT2D eigenvalue weighted by Gasteiger charge is 2.20. The normalized spacial score (nSPS) is 24.5. The van der Waals surface area contributed by atoms with E-state index in [0.717, 1.165) is 6.54 Å². The Balaban J connectivity index is 1.84. The van der Waals surface area contributed by atoms with E-state index in [2.05, 4.69) is 34.6 Å². The minimum atomic E-state index is 0.565. The van der Waals surface area contributed by atoms with Crippen molar-refractivity contribution in [3.63, 3.8) is 0 Å². The van der Waals surface area contributed by atoms with Crippen LogP contribution in [0.15, 0.2) is 11.6 Å². The zero-order chi connectivity index (χ0) is 11.4. The van der Waals surface area contributed by atoms with E-state index in [9.17, 15) is 0 Å². The van der Waals surface area contributed by atoms with Gasteiger partial charge in [0.1, 0.15) is 0 Å². The van der Waals surface area contributed by atoms with Gasteiger partial charge in [-0.05, 0) is 26.4 Å². The highest BCUT2D eigenvalue weighted by atomic mass is 32.1. The van der Waals surface area contributed by atoms with Crippen molar-refractivity contribution in [2.75, 3.05) is 26.7 Å². The van der Waals surface area contributed by atoms with Crippen LogP contribution in [0.1, 0.15) is 30.7 Å². The maximum atomic E-state index is 4.40. The molecule has 1 fully saturated rings. The molecule has 0 aliphatic carbocycles. The average Bonchev–Trinajstić information content (AvgIpc) is 2.83. The van der Waals surface area contributed by atoms with Crippen molar-refractivity contribution >= 4 is 11.3 Å². The van der Waals surface area contributed by atoms with Crippen molar-refractivity contribution < 1.29 is 0 Å². The summed E-state index contributed by atoms with van der Waals surface area (Å²) in [4.78, 5) is 6.96. The Hall–Kier alpha value is -0.450. The van der Waals surface area contributed by atoms with Crippen molar-refractivity contribution in [1.82, 2.24) is 15.2 Å². The van der Waals surface area contributed by atoms with Crippen molar-refractivity contribution in [3.8, 4) is 0 Å². The summed E-state index contributed by atoms with van der Waals surface area (Å²) in [5.41, 5.74) is 0. The lowest BCUT2D eigenvalue weighted by Crippen LogP contribution is -2.45. The summed E-state index contributed by atoms with van der Waals surface area (Å²) in [6.45, 7) is 5.85. The third-order valence-electron chi connectivity index (χ3n) is 3.32. The summed E-state index contributed by atoms with van der Waals surface area (Å²) >= 11 is 1.77. The van der Waals surface area contributed by atoms with Crippen molar-refractivity contribution in [2.24, 2.45) is 0 Å². The van der Waals surface area contributed by atoms with Gasteiger partial charge in [0.05, 0.1) is 5.01 Å². The lowest BCUT2D eigenvalue weighted by molar-refractivity contribution is 0.187. The van der Waals surface area contributed by atoms with E-state index in [4.69, 9.17) is 0 Å². The molecule has 90 valence electrons. The van der Waals surface area contributed by atoms with Gasteiger partial charge in [-0.1, -0.05) is 6.92 Å². The van der Waals surface area contributed by atoms with Gasteiger partial charge in [-0.3, -0.25) is 0 Å². The van der Waals surface area contributed by atoms with Crippen LogP contribution in [0.4, 0.5) is 0 Å². The van der Waals surface area contributed by atoms with Crippen LogP contribution >= 0.6 is 11.3 Å². The largest absolute Gasteiger partial charge is 0.316 e. The molecular weight excluding hydrogens is 218 g/mol. The second-order valence-electron chi connectivity index (χ2n) is 4.66. The zero-order valence-corrected chi connectivity index (χ0v) is 11.0. The maximum Gasteiger partial charge on any atom is 0.0965 e.